The highest BCUT2D eigenvalue weighted by Gasteiger charge is 2.38. The summed E-state index contributed by atoms with van der Waals surface area (Å²) < 4.78 is 45.0. The van der Waals surface area contributed by atoms with E-state index >= 15 is 0 Å². The number of pyridine rings is 2. The third kappa shape index (κ3) is 3.43. The Kier molecular flexibility index (Phi) is 4.82. The molecule has 152 valence electrons. The number of nitrogens with one attached hydrogen (secondary N) is 1. The highest BCUT2D eigenvalue weighted by molar-refractivity contribution is 5.84. The van der Waals surface area contributed by atoms with Crippen LogP contribution in [0.1, 0.15) is 5.56 Å². The van der Waals surface area contributed by atoms with Crippen LogP contribution in [-0.2, 0) is 11.3 Å². The molecule has 1 amide bonds. The van der Waals surface area contributed by atoms with E-state index in [0.717, 1.165) is 0 Å². The van der Waals surface area contributed by atoms with Gasteiger partial charge in [0, 0.05) is 24.0 Å². The molecule has 0 saturated heterocycles. The van der Waals surface area contributed by atoms with Gasteiger partial charge in [0.15, 0.2) is 5.43 Å². The normalized spacial score (nSPS) is 11.6. The largest absolute Gasteiger partial charge is 0.471 e. The van der Waals surface area contributed by atoms with Gasteiger partial charge in [-0.25, -0.2) is 9.97 Å². The van der Waals surface area contributed by atoms with Crippen molar-refractivity contribution in [2.24, 2.45) is 0 Å². The maximum atomic E-state index is 13.1. The first-order valence-corrected chi connectivity index (χ1v) is 8.71. The van der Waals surface area contributed by atoms with Gasteiger partial charge < -0.3 is 9.73 Å². The number of nitrogens with zero attached hydrogens (tertiary/aromatic N) is 3. The zero-order chi connectivity index (χ0) is 21.3. The minimum atomic E-state index is -5.08. The average Bonchev–Trinajstić information content (AvgIpc) is 3.27. The lowest BCUT2D eigenvalue weighted by atomic mass is 10.1. The maximum Gasteiger partial charge on any atom is 0.471 e. The monoisotopic (exact) mass is 414 g/mol. The van der Waals surface area contributed by atoms with Crippen LogP contribution in [-0.4, -0.2) is 26.6 Å². The zero-order valence-electron chi connectivity index (χ0n) is 15.2. The second-order valence-corrected chi connectivity index (χ2v) is 6.22. The fourth-order valence-electron chi connectivity index (χ4n) is 3.09. The van der Waals surface area contributed by atoms with E-state index in [1.54, 1.807) is 46.3 Å². The second kappa shape index (κ2) is 7.47. The molecule has 0 bridgehead atoms. The third-order valence-electron chi connectivity index (χ3n) is 4.36. The number of aromatic nitrogens is 3. The number of para-hydroxylation sites is 1. The van der Waals surface area contributed by atoms with Crippen LogP contribution in [0.2, 0.25) is 0 Å². The molecular formula is C20H13F3N4O3. The Morgan fingerprint density at radius 3 is 2.50 bits per heavy atom. The number of carbonyl (C=O) groups excluding carboxylic acids is 1. The van der Waals surface area contributed by atoms with E-state index in [1.807, 2.05) is 0 Å². The van der Waals surface area contributed by atoms with E-state index in [4.69, 9.17) is 4.42 Å². The number of halogens is 3. The van der Waals surface area contributed by atoms with Crippen LogP contribution in [0.5, 0.6) is 0 Å². The summed E-state index contributed by atoms with van der Waals surface area (Å²) in [6.45, 7) is -0.674. The SMILES string of the molecule is O=C(NCc1c(-c2ncco2)n(-c2ccccc2)c2ncccc2c1=O)C(F)(F)F. The topological polar surface area (TPSA) is 90.0 Å². The van der Waals surface area contributed by atoms with Crippen LogP contribution in [0.4, 0.5) is 13.2 Å². The van der Waals surface area contributed by atoms with Gasteiger partial charge in [-0.05, 0) is 24.3 Å². The van der Waals surface area contributed by atoms with Gasteiger partial charge in [0.1, 0.15) is 17.6 Å². The summed E-state index contributed by atoms with van der Waals surface area (Å²) in [7, 11) is 0. The molecule has 0 aliphatic heterocycles. The summed E-state index contributed by atoms with van der Waals surface area (Å²) in [6, 6.07) is 11.8. The van der Waals surface area contributed by atoms with Crippen LogP contribution < -0.4 is 10.7 Å². The number of oxazole rings is 1. The Labute approximate surface area is 166 Å². The fraction of sp³-hybridized carbons (Fsp3) is 0.100. The van der Waals surface area contributed by atoms with Gasteiger partial charge >= 0.3 is 12.1 Å². The van der Waals surface area contributed by atoms with Gasteiger partial charge in [0.05, 0.1) is 11.6 Å². The Hall–Kier alpha value is -3.95. The van der Waals surface area contributed by atoms with E-state index in [0.29, 0.717) is 5.69 Å². The fourth-order valence-corrected chi connectivity index (χ4v) is 3.09. The summed E-state index contributed by atoms with van der Waals surface area (Å²) in [4.78, 5) is 32.9. The molecule has 4 aromatic rings. The van der Waals surface area contributed by atoms with Crippen molar-refractivity contribution in [3.8, 4) is 17.3 Å². The van der Waals surface area contributed by atoms with E-state index < -0.39 is 24.1 Å². The smallest absolute Gasteiger partial charge is 0.443 e. The van der Waals surface area contributed by atoms with Crippen LogP contribution in [0.3, 0.4) is 0 Å². The summed E-state index contributed by atoms with van der Waals surface area (Å²) in [6.07, 6.45) is -0.975. The van der Waals surface area contributed by atoms with Crippen molar-refractivity contribution in [1.82, 2.24) is 19.9 Å². The molecule has 0 spiro atoms. The van der Waals surface area contributed by atoms with Crippen LogP contribution >= 0.6 is 0 Å². The minimum absolute atomic E-state index is 0.000219. The standard InChI is InChI=1S/C20H13F3N4O3/c21-20(22,23)19(29)26-11-14-15(18-25-9-10-30-18)27(12-5-2-1-3-6-12)17-13(16(14)28)7-4-8-24-17/h1-10H,11H2,(H,26,29). The number of benzene rings is 1. The zero-order valence-corrected chi connectivity index (χ0v) is 15.2. The molecule has 0 fully saturated rings. The first kappa shape index (κ1) is 19.4. The van der Waals surface area contributed by atoms with Gasteiger partial charge in [-0.2, -0.15) is 13.2 Å². The number of carbonyl (C=O) groups is 1. The highest BCUT2D eigenvalue weighted by atomic mass is 19.4. The molecule has 3 heterocycles. The molecule has 0 radical (unpaired) electrons. The molecule has 0 unspecified atom stereocenters. The van der Waals surface area contributed by atoms with Gasteiger partial charge in [0.25, 0.3) is 0 Å². The van der Waals surface area contributed by atoms with Crippen molar-refractivity contribution in [2.75, 3.05) is 0 Å². The lowest BCUT2D eigenvalue weighted by molar-refractivity contribution is -0.173. The molecule has 7 nitrogen and oxygen atoms in total. The maximum absolute atomic E-state index is 13.1. The molecule has 1 aromatic carbocycles. The Morgan fingerprint density at radius 1 is 1.07 bits per heavy atom. The van der Waals surface area contributed by atoms with Gasteiger partial charge in [-0.1, -0.05) is 18.2 Å². The van der Waals surface area contributed by atoms with E-state index in [9.17, 15) is 22.8 Å². The van der Waals surface area contributed by atoms with E-state index in [2.05, 4.69) is 9.97 Å². The van der Waals surface area contributed by atoms with Gasteiger partial charge in [-0.15, -0.1) is 0 Å². The first-order valence-electron chi connectivity index (χ1n) is 8.71. The van der Waals surface area contributed by atoms with Crippen molar-refractivity contribution < 1.29 is 22.4 Å². The predicted octanol–water partition coefficient (Wildman–Crippen LogP) is 3.22. The number of hydrogen-bond donors (Lipinski definition) is 1. The number of amides is 1. The van der Waals surface area contributed by atoms with Gasteiger partial charge in [0.2, 0.25) is 5.89 Å². The number of hydrogen-bond acceptors (Lipinski definition) is 5. The Bertz CT molecular complexity index is 1270. The highest BCUT2D eigenvalue weighted by Crippen LogP contribution is 2.28. The summed E-state index contributed by atoms with van der Waals surface area (Å²) >= 11 is 0. The molecule has 0 atom stereocenters. The van der Waals surface area contributed by atoms with Gasteiger partial charge in [-0.3, -0.25) is 14.2 Å². The molecule has 1 N–H and O–H groups in total. The Balaban J connectivity index is 2.03. The lowest BCUT2D eigenvalue weighted by Crippen LogP contribution is -2.37. The average molecular weight is 414 g/mol. The summed E-state index contributed by atoms with van der Waals surface area (Å²) in [5.74, 6) is -2.16. The minimum Gasteiger partial charge on any atom is -0.443 e. The van der Waals surface area contributed by atoms with E-state index in [1.165, 1.54) is 24.7 Å². The van der Waals surface area contributed by atoms with Crippen LogP contribution in [0, 0.1) is 0 Å². The van der Waals surface area contributed by atoms with Crippen LogP contribution in [0.25, 0.3) is 28.3 Å². The van der Waals surface area contributed by atoms with Crippen molar-refractivity contribution in [3.63, 3.8) is 0 Å². The number of alkyl halides is 3. The molecule has 4 rings (SSSR count). The van der Waals surface area contributed by atoms with Crippen molar-refractivity contribution >= 4 is 16.9 Å². The Morgan fingerprint density at radius 2 is 1.83 bits per heavy atom. The number of rotatable bonds is 4. The van der Waals surface area contributed by atoms with E-state index in [-0.39, 0.29) is 28.2 Å². The van der Waals surface area contributed by atoms with Crippen molar-refractivity contribution in [2.45, 2.75) is 12.7 Å². The first-order chi connectivity index (χ1) is 14.4. The van der Waals surface area contributed by atoms with Crippen molar-refractivity contribution in [1.29, 1.82) is 0 Å². The number of fused-ring (bicyclic) bond motifs is 1. The summed E-state index contributed by atoms with van der Waals surface area (Å²) in [5, 5.41) is 1.93. The predicted molar refractivity (Wildman–Crippen MR) is 101 cm³/mol. The molecule has 0 aliphatic carbocycles. The molecule has 3 aromatic heterocycles. The second-order valence-electron chi connectivity index (χ2n) is 6.22. The lowest BCUT2D eigenvalue weighted by Gasteiger charge is -2.18. The summed E-state index contributed by atoms with van der Waals surface area (Å²) in [5.41, 5.74) is 0.260. The quantitative estimate of drug-likeness (QED) is 0.554. The molecular weight excluding hydrogens is 401 g/mol. The third-order valence-corrected chi connectivity index (χ3v) is 4.36. The van der Waals surface area contributed by atoms with Crippen molar-refractivity contribution in [3.05, 3.63) is 76.9 Å². The molecule has 10 heteroatoms. The van der Waals surface area contributed by atoms with Crippen LogP contribution in [0.15, 0.2) is 70.3 Å². The molecule has 0 aliphatic rings. The molecule has 0 saturated carbocycles. The molecule has 30 heavy (non-hydrogen) atoms.